The second-order valence-electron chi connectivity index (χ2n) is 3.88. The number of hydrogen-bond donors (Lipinski definition) is 1. The van der Waals surface area contributed by atoms with Crippen molar-refractivity contribution in [2.45, 2.75) is 17.2 Å². The Morgan fingerprint density at radius 2 is 2.00 bits per heavy atom. The molecule has 0 bridgehead atoms. The molecule has 1 aliphatic rings. The van der Waals surface area contributed by atoms with Gasteiger partial charge in [-0.1, -0.05) is 42.1 Å². The van der Waals surface area contributed by atoms with Gasteiger partial charge in [-0.15, -0.1) is 0 Å². The van der Waals surface area contributed by atoms with Crippen molar-refractivity contribution in [2.24, 2.45) is 0 Å². The predicted octanol–water partition coefficient (Wildman–Crippen LogP) is 3.61. The smallest absolute Gasteiger partial charge is 0.103 e. The van der Waals surface area contributed by atoms with Crippen LogP contribution in [0.4, 0.5) is 5.69 Å². The Balaban J connectivity index is 1.94. The van der Waals surface area contributed by atoms with Gasteiger partial charge in [-0.3, -0.25) is 4.98 Å². The fraction of sp³-hybridized carbons (Fsp3) is 0.154. The molecular weight excluding hydrogens is 216 g/mol. The number of fused-ring (bicyclic) bond motifs is 1. The van der Waals surface area contributed by atoms with E-state index in [1.165, 1.54) is 21.7 Å². The van der Waals surface area contributed by atoms with Gasteiger partial charge in [0, 0.05) is 12.4 Å². The first-order valence-corrected chi connectivity index (χ1v) is 6.15. The minimum absolute atomic E-state index is 0.319. The highest BCUT2D eigenvalue weighted by Crippen LogP contribution is 2.46. The molecule has 0 spiro atoms. The van der Waals surface area contributed by atoms with Crippen molar-refractivity contribution in [1.29, 1.82) is 0 Å². The molecule has 0 saturated carbocycles. The Bertz CT molecular complexity index is 511. The first-order valence-electron chi connectivity index (χ1n) is 5.27. The maximum absolute atomic E-state index is 4.22. The SMILES string of the molecule is Cc1cncc2c1NC(c1ccccc1)S2. The summed E-state index contributed by atoms with van der Waals surface area (Å²) in [7, 11) is 0. The van der Waals surface area contributed by atoms with Gasteiger partial charge in [0.25, 0.3) is 0 Å². The van der Waals surface area contributed by atoms with E-state index in [1.54, 1.807) is 0 Å². The molecule has 2 aromatic rings. The summed E-state index contributed by atoms with van der Waals surface area (Å²) in [6.07, 6.45) is 3.84. The summed E-state index contributed by atoms with van der Waals surface area (Å²) < 4.78 is 0. The zero-order chi connectivity index (χ0) is 11.0. The number of hydrogen-bond acceptors (Lipinski definition) is 3. The van der Waals surface area contributed by atoms with Gasteiger partial charge in [0.15, 0.2) is 0 Å². The summed E-state index contributed by atoms with van der Waals surface area (Å²) in [5.41, 5.74) is 3.75. The number of pyridine rings is 1. The first kappa shape index (κ1) is 9.73. The highest BCUT2D eigenvalue weighted by molar-refractivity contribution is 8.00. The first-order chi connectivity index (χ1) is 7.84. The molecule has 0 saturated heterocycles. The largest absolute Gasteiger partial charge is 0.368 e. The Hall–Kier alpha value is -1.48. The molecule has 0 amide bonds. The van der Waals surface area contributed by atoms with Crippen molar-refractivity contribution in [1.82, 2.24) is 4.98 Å². The van der Waals surface area contributed by atoms with Crippen LogP contribution in [0.3, 0.4) is 0 Å². The standard InChI is InChI=1S/C13H12N2S/c1-9-7-14-8-11-12(9)15-13(16-11)10-5-3-2-4-6-10/h2-8,13,15H,1H3. The average molecular weight is 228 g/mol. The molecule has 80 valence electrons. The second kappa shape index (κ2) is 3.83. The summed E-state index contributed by atoms with van der Waals surface area (Å²) in [6.45, 7) is 2.09. The number of benzene rings is 1. The van der Waals surface area contributed by atoms with Crippen LogP contribution in [0.2, 0.25) is 0 Å². The van der Waals surface area contributed by atoms with Gasteiger partial charge in [0.1, 0.15) is 5.37 Å². The molecule has 2 nitrogen and oxygen atoms in total. The zero-order valence-corrected chi connectivity index (χ0v) is 9.79. The van der Waals surface area contributed by atoms with Crippen LogP contribution in [-0.2, 0) is 0 Å². The van der Waals surface area contributed by atoms with Gasteiger partial charge in [0.05, 0.1) is 10.6 Å². The summed E-state index contributed by atoms with van der Waals surface area (Å²) in [4.78, 5) is 5.47. The van der Waals surface area contributed by atoms with E-state index >= 15 is 0 Å². The Labute approximate surface area is 99.1 Å². The van der Waals surface area contributed by atoms with Crippen LogP contribution in [0.25, 0.3) is 0 Å². The Morgan fingerprint density at radius 1 is 1.19 bits per heavy atom. The van der Waals surface area contributed by atoms with Crippen LogP contribution in [0.5, 0.6) is 0 Å². The Morgan fingerprint density at radius 3 is 2.75 bits per heavy atom. The molecule has 1 aliphatic heterocycles. The number of nitrogens with zero attached hydrogens (tertiary/aromatic N) is 1. The summed E-state index contributed by atoms with van der Waals surface area (Å²) in [5.74, 6) is 0. The van der Waals surface area contributed by atoms with E-state index in [1.807, 2.05) is 30.2 Å². The quantitative estimate of drug-likeness (QED) is 0.807. The maximum atomic E-state index is 4.22. The number of nitrogens with one attached hydrogen (secondary N) is 1. The zero-order valence-electron chi connectivity index (χ0n) is 8.97. The lowest BCUT2D eigenvalue weighted by atomic mass is 10.2. The van der Waals surface area contributed by atoms with E-state index in [0.717, 1.165) is 0 Å². The van der Waals surface area contributed by atoms with Gasteiger partial charge >= 0.3 is 0 Å². The van der Waals surface area contributed by atoms with E-state index < -0.39 is 0 Å². The van der Waals surface area contributed by atoms with Crippen molar-refractivity contribution in [3.63, 3.8) is 0 Å². The summed E-state index contributed by atoms with van der Waals surface area (Å²) in [5, 5.41) is 3.86. The van der Waals surface area contributed by atoms with Gasteiger partial charge < -0.3 is 5.32 Å². The average Bonchev–Trinajstić information content (AvgIpc) is 2.76. The highest BCUT2D eigenvalue weighted by Gasteiger charge is 2.23. The van der Waals surface area contributed by atoms with Crippen molar-refractivity contribution in [2.75, 3.05) is 5.32 Å². The predicted molar refractivity (Wildman–Crippen MR) is 67.6 cm³/mol. The fourth-order valence-electron chi connectivity index (χ4n) is 1.88. The third-order valence-electron chi connectivity index (χ3n) is 2.72. The Kier molecular flexibility index (Phi) is 2.33. The highest BCUT2D eigenvalue weighted by atomic mass is 32.2. The number of rotatable bonds is 1. The monoisotopic (exact) mass is 228 g/mol. The van der Waals surface area contributed by atoms with Gasteiger partial charge in [-0.05, 0) is 18.1 Å². The summed E-state index contributed by atoms with van der Waals surface area (Å²) >= 11 is 1.83. The molecule has 1 unspecified atom stereocenters. The van der Waals surface area contributed by atoms with Crippen LogP contribution in [0.15, 0.2) is 47.6 Å². The lowest BCUT2D eigenvalue weighted by Gasteiger charge is -2.10. The molecule has 3 rings (SSSR count). The lowest BCUT2D eigenvalue weighted by Crippen LogP contribution is -2.01. The number of anilines is 1. The third kappa shape index (κ3) is 1.57. The molecule has 0 fully saturated rings. The molecule has 1 N–H and O–H groups in total. The van der Waals surface area contributed by atoms with E-state index in [9.17, 15) is 0 Å². The van der Waals surface area contributed by atoms with E-state index in [0.29, 0.717) is 5.37 Å². The van der Waals surface area contributed by atoms with Gasteiger partial charge in [-0.25, -0.2) is 0 Å². The topological polar surface area (TPSA) is 24.9 Å². The van der Waals surface area contributed by atoms with Crippen LogP contribution in [0.1, 0.15) is 16.5 Å². The van der Waals surface area contributed by atoms with Crippen LogP contribution in [0, 0.1) is 6.92 Å². The van der Waals surface area contributed by atoms with Crippen molar-refractivity contribution < 1.29 is 0 Å². The maximum Gasteiger partial charge on any atom is 0.103 e. The van der Waals surface area contributed by atoms with Crippen LogP contribution in [-0.4, -0.2) is 4.98 Å². The molecule has 0 radical (unpaired) electrons. The number of aryl methyl sites for hydroxylation is 1. The number of aromatic nitrogens is 1. The van der Waals surface area contributed by atoms with E-state index in [2.05, 4.69) is 41.5 Å². The van der Waals surface area contributed by atoms with Crippen molar-refractivity contribution >= 4 is 17.4 Å². The molecular formula is C13H12N2S. The minimum atomic E-state index is 0.319. The third-order valence-corrected chi connectivity index (χ3v) is 3.91. The molecule has 1 atom stereocenters. The molecule has 0 aliphatic carbocycles. The second-order valence-corrected chi connectivity index (χ2v) is 5.03. The van der Waals surface area contributed by atoms with Crippen molar-refractivity contribution in [3.05, 3.63) is 53.9 Å². The summed E-state index contributed by atoms with van der Waals surface area (Å²) in [6, 6.07) is 10.5. The fourth-order valence-corrected chi connectivity index (χ4v) is 3.06. The molecule has 2 heterocycles. The minimum Gasteiger partial charge on any atom is -0.368 e. The van der Waals surface area contributed by atoms with Crippen LogP contribution >= 0.6 is 11.8 Å². The van der Waals surface area contributed by atoms with E-state index in [4.69, 9.17) is 0 Å². The molecule has 1 aromatic carbocycles. The van der Waals surface area contributed by atoms with E-state index in [-0.39, 0.29) is 0 Å². The normalized spacial score (nSPS) is 17.9. The molecule has 16 heavy (non-hydrogen) atoms. The van der Waals surface area contributed by atoms with Gasteiger partial charge in [0.2, 0.25) is 0 Å². The molecule has 3 heteroatoms. The van der Waals surface area contributed by atoms with Crippen molar-refractivity contribution in [3.8, 4) is 0 Å². The lowest BCUT2D eigenvalue weighted by molar-refractivity contribution is 1.12. The number of thioether (sulfide) groups is 1. The molecule has 1 aromatic heterocycles. The van der Waals surface area contributed by atoms with Gasteiger partial charge in [-0.2, -0.15) is 0 Å². The van der Waals surface area contributed by atoms with Crippen LogP contribution < -0.4 is 5.32 Å².